The van der Waals surface area contributed by atoms with Gasteiger partial charge in [0.2, 0.25) is 0 Å². The molecule has 0 aromatic heterocycles. The van der Waals surface area contributed by atoms with Crippen molar-refractivity contribution < 1.29 is 14.3 Å². The van der Waals surface area contributed by atoms with Gasteiger partial charge in [-0.3, -0.25) is 4.79 Å². The minimum Gasteiger partial charge on any atom is -0.489 e. The van der Waals surface area contributed by atoms with Crippen LogP contribution in [-0.2, 0) is 11.4 Å². The van der Waals surface area contributed by atoms with Gasteiger partial charge in [0.05, 0.1) is 0 Å². The van der Waals surface area contributed by atoms with E-state index in [0.717, 1.165) is 29.1 Å². The zero-order valence-electron chi connectivity index (χ0n) is 16.8. The first-order chi connectivity index (χ1) is 14.2. The van der Waals surface area contributed by atoms with E-state index in [-0.39, 0.29) is 18.1 Å². The third kappa shape index (κ3) is 4.26. The van der Waals surface area contributed by atoms with E-state index >= 15 is 0 Å². The number of hydrogen-bond acceptors (Lipinski definition) is 3. The van der Waals surface area contributed by atoms with Gasteiger partial charge < -0.3 is 14.8 Å². The van der Waals surface area contributed by atoms with Crippen LogP contribution in [0.25, 0.3) is 0 Å². The highest BCUT2D eigenvalue weighted by Gasteiger charge is 2.51. The lowest BCUT2D eigenvalue weighted by Gasteiger charge is -2.56. The summed E-state index contributed by atoms with van der Waals surface area (Å²) in [5.74, 6) is 3.97. The van der Waals surface area contributed by atoms with Crippen molar-refractivity contribution in [2.45, 2.75) is 50.7 Å². The van der Waals surface area contributed by atoms with Crippen LogP contribution in [0.4, 0.5) is 0 Å². The Morgan fingerprint density at radius 2 is 1.38 bits per heavy atom. The average Bonchev–Trinajstić information content (AvgIpc) is 2.71. The molecular weight excluding hydrogens is 362 g/mol. The molecule has 0 unspecified atom stereocenters. The van der Waals surface area contributed by atoms with Crippen molar-refractivity contribution in [3.8, 4) is 11.5 Å². The maximum Gasteiger partial charge on any atom is 0.258 e. The Morgan fingerprint density at radius 1 is 0.828 bits per heavy atom. The normalized spacial score (nSPS) is 29.4. The van der Waals surface area contributed by atoms with Gasteiger partial charge in [0, 0.05) is 5.54 Å². The third-order valence-corrected chi connectivity index (χ3v) is 6.88. The van der Waals surface area contributed by atoms with Crippen LogP contribution in [0.1, 0.15) is 44.1 Å². The molecule has 2 aromatic carbocycles. The van der Waals surface area contributed by atoms with Crippen LogP contribution in [0, 0.1) is 17.8 Å². The highest BCUT2D eigenvalue weighted by atomic mass is 16.5. The summed E-state index contributed by atoms with van der Waals surface area (Å²) in [6.45, 7) is 0.612. The second kappa shape index (κ2) is 7.74. The topological polar surface area (TPSA) is 47.6 Å². The molecule has 2 aromatic rings. The summed E-state index contributed by atoms with van der Waals surface area (Å²) in [6.07, 6.45) is 7.63. The molecule has 6 rings (SSSR count). The van der Waals surface area contributed by atoms with Crippen molar-refractivity contribution in [3.05, 3.63) is 60.2 Å². The number of nitrogens with one attached hydrogen (secondary N) is 1. The minimum absolute atomic E-state index is 0.0105. The number of benzene rings is 2. The number of carbonyl (C=O) groups is 1. The van der Waals surface area contributed by atoms with Gasteiger partial charge in [-0.15, -0.1) is 0 Å². The summed E-state index contributed by atoms with van der Waals surface area (Å²) in [7, 11) is 0. The lowest BCUT2D eigenvalue weighted by Crippen LogP contribution is -2.60. The predicted molar refractivity (Wildman–Crippen MR) is 112 cm³/mol. The lowest BCUT2D eigenvalue weighted by atomic mass is 9.53. The highest BCUT2D eigenvalue weighted by molar-refractivity contribution is 5.78. The molecule has 0 radical (unpaired) electrons. The predicted octanol–water partition coefficient (Wildman–Crippen LogP) is 4.73. The molecule has 4 saturated carbocycles. The molecule has 0 saturated heterocycles. The molecule has 4 aliphatic carbocycles. The summed E-state index contributed by atoms with van der Waals surface area (Å²) in [5.41, 5.74) is 1.18. The monoisotopic (exact) mass is 391 g/mol. The van der Waals surface area contributed by atoms with Crippen molar-refractivity contribution in [3.63, 3.8) is 0 Å². The molecule has 0 atom stereocenters. The molecule has 1 N–H and O–H groups in total. The number of ether oxygens (including phenoxy) is 2. The van der Waals surface area contributed by atoms with Crippen LogP contribution in [-0.4, -0.2) is 18.1 Å². The smallest absolute Gasteiger partial charge is 0.258 e. The van der Waals surface area contributed by atoms with Crippen molar-refractivity contribution in [1.29, 1.82) is 0 Å². The van der Waals surface area contributed by atoms with E-state index in [0.29, 0.717) is 12.4 Å². The maximum atomic E-state index is 12.6. The largest absolute Gasteiger partial charge is 0.489 e. The molecule has 1 amide bonds. The van der Waals surface area contributed by atoms with E-state index < -0.39 is 0 Å². The van der Waals surface area contributed by atoms with Crippen molar-refractivity contribution in [2.75, 3.05) is 6.61 Å². The van der Waals surface area contributed by atoms with Crippen LogP contribution in [0.15, 0.2) is 54.6 Å². The first kappa shape index (κ1) is 18.5. The third-order valence-electron chi connectivity index (χ3n) is 6.88. The number of amides is 1. The van der Waals surface area contributed by atoms with Gasteiger partial charge in [-0.25, -0.2) is 0 Å². The fourth-order valence-corrected chi connectivity index (χ4v) is 6.12. The number of carbonyl (C=O) groups excluding carboxylic acids is 1. The van der Waals surface area contributed by atoms with Gasteiger partial charge >= 0.3 is 0 Å². The van der Waals surface area contributed by atoms with Crippen LogP contribution in [0.5, 0.6) is 11.5 Å². The van der Waals surface area contributed by atoms with Gasteiger partial charge in [-0.1, -0.05) is 30.3 Å². The Labute approximate surface area is 172 Å². The van der Waals surface area contributed by atoms with E-state index in [1.165, 1.54) is 38.5 Å². The molecule has 4 fully saturated rings. The standard InChI is InChI=1S/C25H29NO3/c27-24(26-25-13-19-10-20(14-25)12-21(11-19)15-25)17-29-23-8-6-22(7-9-23)28-16-18-4-2-1-3-5-18/h1-9,19-21H,10-17H2,(H,26,27). The Hall–Kier alpha value is -2.49. The van der Waals surface area contributed by atoms with E-state index in [2.05, 4.69) is 5.32 Å². The van der Waals surface area contributed by atoms with Gasteiger partial charge in [0.1, 0.15) is 18.1 Å². The van der Waals surface area contributed by atoms with E-state index in [1.807, 2.05) is 54.6 Å². The summed E-state index contributed by atoms with van der Waals surface area (Å²) in [4.78, 5) is 12.6. The molecule has 152 valence electrons. The SMILES string of the molecule is O=C(COc1ccc(OCc2ccccc2)cc1)NC12CC3CC(CC(C3)C1)C2. The van der Waals surface area contributed by atoms with Crippen LogP contribution >= 0.6 is 0 Å². The quantitative estimate of drug-likeness (QED) is 0.742. The Morgan fingerprint density at radius 3 is 1.97 bits per heavy atom. The number of hydrogen-bond donors (Lipinski definition) is 1. The first-order valence-corrected chi connectivity index (χ1v) is 10.9. The second-order valence-corrected chi connectivity index (χ2v) is 9.28. The molecule has 29 heavy (non-hydrogen) atoms. The zero-order chi connectivity index (χ0) is 19.7. The second-order valence-electron chi connectivity index (χ2n) is 9.28. The fourth-order valence-electron chi connectivity index (χ4n) is 6.12. The molecule has 4 aliphatic rings. The zero-order valence-corrected chi connectivity index (χ0v) is 16.8. The minimum atomic E-state index is 0.0105. The summed E-state index contributed by atoms with van der Waals surface area (Å²) < 4.78 is 11.5. The molecule has 4 nitrogen and oxygen atoms in total. The van der Waals surface area contributed by atoms with E-state index in [1.54, 1.807) is 0 Å². The summed E-state index contributed by atoms with van der Waals surface area (Å²) in [5, 5.41) is 3.36. The molecular formula is C25H29NO3. The summed E-state index contributed by atoms with van der Waals surface area (Å²) in [6, 6.07) is 17.6. The summed E-state index contributed by atoms with van der Waals surface area (Å²) >= 11 is 0. The Kier molecular flexibility index (Phi) is 4.94. The van der Waals surface area contributed by atoms with E-state index in [9.17, 15) is 4.79 Å². The highest BCUT2D eigenvalue weighted by Crippen LogP contribution is 2.55. The van der Waals surface area contributed by atoms with Gasteiger partial charge in [-0.2, -0.15) is 0 Å². The number of rotatable bonds is 7. The molecule has 0 aliphatic heterocycles. The average molecular weight is 392 g/mol. The lowest BCUT2D eigenvalue weighted by molar-refractivity contribution is -0.128. The van der Waals surface area contributed by atoms with Gasteiger partial charge in [-0.05, 0) is 86.1 Å². The Bertz CT molecular complexity index is 811. The molecule has 4 bridgehead atoms. The van der Waals surface area contributed by atoms with Gasteiger partial charge in [0.25, 0.3) is 5.91 Å². The molecule has 4 heteroatoms. The van der Waals surface area contributed by atoms with Crippen molar-refractivity contribution >= 4 is 5.91 Å². The van der Waals surface area contributed by atoms with Crippen LogP contribution < -0.4 is 14.8 Å². The van der Waals surface area contributed by atoms with E-state index in [4.69, 9.17) is 9.47 Å². The van der Waals surface area contributed by atoms with Gasteiger partial charge in [0.15, 0.2) is 6.61 Å². The van der Waals surface area contributed by atoms with Crippen molar-refractivity contribution in [1.82, 2.24) is 5.32 Å². The first-order valence-electron chi connectivity index (χ1n) is 10.9. The fraction of sp³-hybridized carbons (Fsp3) is 0.480. The van der Waals surface area contributed by atoms with Crippen molar-refractivity contribution in [2.24, 2.45) is 17.8 Å². The van der Waals surface area contributed by atoms with Crippen LogP contribution in [0.2, 0.25) is 0 Å². The van der Waals surface area contributed by atoms with Crippen LogP contribution in [0.3, 0.4) is 0 Å². The Balaban J connectivity index is 1.10. The molecule has 0 heterocycles. The molecule has 0 spiro atoms. The maximum absolute atomic E-state index is 12.6.